The fourth-order valence-electron chi connectivity index (χ4n) is 3.65. The number of aromatic nitrogens is 2. The van der Waals surface area contributed by atoms with Gasteiger partial charge in [-0.1, -0.05) is 6.07 Å². The SMILES string of the molecule is N#Cc1c(-c2ccc3c(c2)OCCO3)ccnc1OCc1nc(CNN2CCOCC2)cs1. The van der Waals surface area contributed by atoms with Crippen molar-refractivity contribution in [3.63, 3.8) is 0 Å². The highest BCUT2D eigenvalue weighted by molar-refractivity contribution is 7.09. The molecule has 0 unspecified atom stereocenters. The predicted octanol–water partition coefficient (Wildman–Crippen LogP) is 2.76. The fourth-order valence-corrected chi connectivity index (χ4v) is 4.36. The van der Waals surface area contributed by atoms with Crippen LogP contribution in [0.2, 0.25) is 0 Å². The highest BCUT2D eigenvalue weighted by Gasteiger charge is 2.17. The van der Waals surface area contributed by atoms with Crippen molar-refractivity contribution in [2.45, 2.75) is 13.2 Å². The van der Waals surface area contributed by atoms with Gasteiger partial charge in [0, 0.05) is 30.2 Å². The average molecular weight is 466 g/mol. The van der Waals surface area contributed by atoms with Gasteiger partial charge in [0.05, 0.1) is 25.5 Å². The Hall–Kier alpha value is -3.23. The van der Waals surface area contributed by atoms with Gasteiger partial charge < -0.3 is 18.9 Å². The molecule has 1 saturated heterocycles. The molecule has 1 N–H and O–H groups in total. The Morgan fingerprint density at radius 1 is 1.12 bits per heavy atom. The molecule has 2 aliphatic heterocycles. The minimum absolute atomic E-state index is 0.245. The number of rotatable bonds is 7. The van der Waals surface area contributed by atoms with E-state index in [2.05, 4.69) is 26.5 Å². The van der Waals surface area contributed by atoms with Gasteiger partial charge in [-0.25, -0.2) is 20.4 Å². The number of fused-ring (bicyclic) bond motifs is 1. The van der Waals surface area contributed by atoms with E-state index in [4.69, 9.17) is 18.9 Å². The second kappa shape index (κ2) is 10.1. The summed E-state index contributed by atoms with van der Waals surface area (Å²) in [5.74, 6) is 1.66. The number of thiazole rings is 1. The first kappa shape index (κ1) is 21.6. The maximum atomic E-state index is 9.83. The minimum Gasteiger partial charge on any atom is -0.486 e. The summed E-state index contributed by atoms with van der Waals surface area (Å²) in [5, 5.41) is 14.8. The van der Waals surface area contributed by atoms with Crippen LogP contribution in [0.3, 0.4) is 0 Å². The Kier molecular flexibility index (Phi) is 6.64. The lowest BCUT2D eigenvalue weighted by Gasteiger charge is -2.26. The van der Waals surface area contributed by atoms with Gasteiger partial charge in [0.1, 0.15) is 36.5 Å². The normalized spacial score (nSPS) is 15.7. The third-order valence-electron chi connectivity index (χ3n) is 5.31. The van der Waals surface area contributed by atoms with E-state index in [-0.39, 0.29) is 12.5 Å². The zero-order valence-corrected chi connectivity index (χ0v) is 18.8. The molecular formula is C23H23N5O4S. The van der Waals surface area contributed by atoms with Crippen molar-refractivity contribution in [3.05, 3.63) is 52.1 Å². The van der Waals surface area contributed by atoms with Gasteiger partial charge in [0.25, 0.3) is 0 Å². The first-order valence-electron chi connectivity index (χ1n) is 10.7. The van der Waals surface area contributed by atoms with Gasteiger partial charge in [-0.3, -0.25) is 0 Å². The standard InChI is InChI=1S/C23H23N5O4S/c24-12-19-18(16-1-2-20-21(11-16)31-10-9-30-20)3-4-25-23(19)32-14-22-27-17(15-33-22)13-26-28-5-7-29-8-6-28/h1-4,11,15,26H,5-10,13-14H2. The van der Waals surface area contributed by atoms with E-state index in [9.17, 15) is 5.26 Å². The molecule has 2 aromatic heterocycles. The maximum Gasteiger partial charge on any atom is 0.232 e. The lowest BCUT2D eigenvalue weighted by molar-refractivity contribution is 0.0104. The Morgan fingerprint density at radius 3 is 2.82 bits per heavy atom. The Balaban J connectivity index is 1.26. The lowest BCUT2D eigenvalue weighted by Crippen LogP contribution is -2.45. The summed E-state index contributed by atoms with van der Waals surface area (Å²) in [4.78, 5) is 8.91. The van der Waals surface area contributed by atoms with E-state index in [0.717, 1.165) is 48.1 Å². The van der Waals surface area contributed by atoms with Crippen LogP contribution in [-0.2, 0) is 17.9 Å². The third kappa shape index (κ3) is 5.07. The molecule has 1 fully saturated rings. The van der Waals surface area contributed by atoms with Crippen LogP contribution in [0.25, 0.3) is 11.1 Å². The molecule has 0 bridgehead atoms. The molecule has 2 aliphatic rings. The molecule has 0 aliphatic carbocycles. The zero-order chi connectivity index (χ0) is 22.5. The predicted molar refractivity (Wildman–Crippen MR) is 121 cm³/mol. The maximum absolute atomic E-state index is 9.83. The van der Waals surface area contributed by atoms with Crippen molar-refractivity contribution in [2.24, 2.45) is 0 Å². The van der Waals surface area contributed by atoms with Crippen molar-refractivity contribution >= 4 is 11.3 Å². The number of pyridine rings is 1. The van der Waals surface area contributed by atoms with Gasteiger partial charge in [0.2, 0.25) is 5.88 Å². The lowest BCUT2D eigenvalue weighted by atomic mass is 10.0. The quantitative estimate of drug-likeness (QED) is 0.564. The molecule has 33 heavy (non-hydrogen) atoms. The molecule has 0 atom stereocenters. The minimum atomic E-state index is 0.245. The topological polar surface area (TPSA) is 102 Å². The van der Waals surface area contributed by atoms with Gasteiger partial charge in [-0.2, -0.15) is 5.26 Å². The second-order valence-electron chi connectivity index (χ2n) is 7.46. The van der Waals surface area contributed by atoms with Crippen LogP contribution in [0.5, 0.6) is 17.4 Å². The highest BCUT2D eigenvalue weighted by Crippen LogP contribution is 2.37. The third-order valence-corrected chi connectivity index (χ3v) is 6.18. The number of hydrazine groups is 1. The van der Waals surface area contributed by atoms with Gasteiger partial charge in [-0.15, -0.1) is 11.3 Å². The van der Waals surface area contributed by atoms with E-state index < -0.39 is 0 Å². The number of benzene rings is 1. The number of hydrogen-bond acceptors (Lipinski definition) is 10. The zero-order valence-electron chi connectivity index (χ0n) is 18.0. The van der Waals surface area contributed by atoms with Crippen molar-refractivity contribution < 1.29 is 18.9 Å². The second-order valence-corrected chi connectivity index (χ2v) is 8.41. The van der Waals surface area contributed by atoms with Crippen LogP contribution in [0.1, 0.15) is 16.3 Å². The van der Waals surface area contributed by atoms with E-state index in [1.165, 1.54) is 11.3 Å². The number of nitrogens with one attached hydrogen (secondary N) is 1. The largest absolute Gasteiger partial charge is 0.486 e. The summed E-state index contributed by atoms with van der Waals surface area (Å²) in [6, 6.07) is 9.68. The first-order valence-corrected chi connectivity index (χ1v) is 11.6. The molecule has 0 amide bonds. The van der Waals surface area contributed by atoms with E-state index in [1.54, 1.807) is 12.3 Å². The van der Waals surface area contributed by atoms with Gasteiger partial charge >= 0.3 is 0 Å². The summed E-state index contributed by atoms with van der Waals surface area (Å²) >= 11 is 1.52. The van der Waals surface area contributed by atoms with Crippen LogP contribution in [-0.4, -0.2) is 54.5 Å². The Labute approximate surface area is 195 Å². The average Bonchev–Trinajstić information content (AvgIpc) is 3.34. The number of morpholine rings is 1. The number of hydrogen-bond donors (Lipinski definition) is 1. The van der Waals surface area contributed by atoms with E-state index >= 15 is 0 Å². The summed E-state index contributed by atoms with van der Waals surface area (Å²) in [6.07, 6.45) is 1.64. The van der Waals surface area contributed by atoms with Crippen LogP contribution in [0.15, 0.2) is 35.8 Å². The molecule has 10 heteroatoms. The molecule has 5 rings (SSSR count). The highest BCUT2D eigenvalue weighted by atomic mass is 32.1. The van der Waals surface area contributed by atoms with E-state index in [1.807, 2.05) is 23.6 Å². The van der Waals surface area contributed by atoms with E-state index in [0.29, 0.717) is 36.8 Å². The smallest absolute Gasteiger partial charge is 0.232 e. The number of nitriles is 1. The van der Waals surface area contributed by atoms with Crippen LogP contribution in [0, 0.1) is 11.3 Å². The molecule has 4 heterocycles. The first-order chi connectivity index (χ1) is 16.3. The molecule has 3 aromatic rings. The summed E-state index contributed by atoms with van der Waals surface area (Å²) in [6.45, 7) is 5.14. The fraction of sp³-hybridized carbons (Fsp3) is 0.348. The molecular weight excluding hydrogens is 442 g/mol. The molecule has 0 radical (unpaired) electrons. The van der Waals surface area contributed by atoms with Crippen molar-refractivity contribution in [1.29, 1.82) is 5.26 Å². The summed E-state index contributed by atoms with van der Waals surface area (Å²) in [5.41, 5.74) is 6.27. The number of nitrogens with zero attached hydrogens (tertiary/aromatic N) is 4. The van der Waals surface area contributed by atoms with Crippen molar-refractivity contribution in [2.75, 3.05) is 39.5 Å². The van der Waals surface area contributed by atoms with Crippen LogP contribution < -0.4 is 19.6 Å². The molecule has 9 nitrogen and oxygen atoms in total. The van der Waals surface area contributed by atoms with Gasteiger partial charge in [-0.05, 0) is 23.8 Å². The molecule has 170 valence electrons. The molecule has 1 aromatic carbocycles. The molecule has 0 saturated carbocycles. The summed E-state index contributed by atoms with van der Waals surface area (Å²) in [7, 11) is 0. The van der Waals surface area contributed by atoms with Crippen LogP contribution >= 0.6 is 11.3 Å². The molecule has 0 spiro atoms. The van der Waals surface area contributed by atoms with Crippen LogP contribution in [0.4, 0.5) is 0 Å². The monoisotopic (exact) mass is 465 g/mol. The Bertz CT molecular complexity index is 1160. The van der Waals surface area contributed by atoms with Gasteiger partial charge in [0.15, 0.2) is 11.5 Å². The van der Waals surface area contributed by atoms with Crippen molar-refractivity contribution in [1.82, 2.24) is 20.4 Å². The van der Waals surface area contributed by atoms with Crippen molar-refractivity contribution in [3.8, 4) is 34.6 Å². The summed E-state index contributed by atoms with van der Waals surface area (Å²) < 4.78 is 22.5. The Morgan fingerprint density at radius 2 is 1.97 bits per heavy atom. The number of ether oxygens (including phenoxy) is 4.